The molecule has 7 nitrogen and oxygen atoms in total. The van der Waals surface area contributed by atoms with E-state index in [1.807, 2.05) is 30.3 Å². The number of nitrogens with one attached hydrogen (secondary N) is 2. The number of hydrogen-bond donors (Lipinski definition) is 2. The zero-order valence-corrected chi connectivity index (χ0v) is 12.7. The Balaban J connectivity index is 1.79. The van der Waals surface area contributed by atoms with Crippen molar-refractivity contribution in [3.63, 3.8) is 0 Å². The number of nitrogens with zero attached hydrogens (tertiary/aromatic N) is 3. The third kappa shape index (κ3) is 5.64. The van der Waals surface area contributed by atoms with E-state index in [0.29, 0.717) is 5.56 Å². The Labute approximate surface area is 137 Å². The fraction of sp³-hybridized carbons (Fsp3) is 0. The monoisotopic (exact) mass is 327 g/mol. The molecule has 0 fully saturated rings. The van der Waals surface area contributed by atoms with Crippen LogP contribution in [-0.2, 0) is 0 Å². The summed E-state index contributed by atoms with van der Waals surface area (Å²) in [7, 11) is 0. The molecule has 0 unspecified atom stereocenters. The van der Waals surface area contributed by atoms with Crippen LogP contribution in [0.2, 0.25) is 0 Å². The molecule has 0 spiro atoms. The van der Waals surface area contributed by atoms with E-state index in [-0.39, 0.29) is 10.8 Å². The van der Waals surface area contributed by atoms with Crippen LogP contribution >= 0.6 is 12.2 Å². The molecular formula is C15H13N5O2S. The average Bonchev–Trinajstić information content (AvgIpc) is 2.56. The first-order chi connectivity index (χ1) is 11.1. The van der Waals surface area contributed by atoms with Gasteiger partial charge in [-0.2, -0.15) is 10.2 Å². The molecule has 0 aliphatic rings. The smallest absolute Gasteiger partial charge is 0.258 e. The third-order valence-corrected chi connectivity index (χ3v) is 2.85. The second kappa shape index (κ2) is 8.35. The van der Waals surface area contributed by atoms with Gasteiger partial charge in [0.15, 0.2) is 0 Å². The maximum absolute atomic E-state index is 10.5. The van der Waals surface area contributed by atoms with Crippen LogP contribution in [0.1, 0.15) is 11.1 Å². The molecule has 0 aliphatic carbocycles. The Hall–Kier alpha value is -3.13. The van der Waals surface area contributed by atoms with E-state index in [1.54, 1.807) is 18.3 Å². The number of nitro groups is 1. The normalized spacial score (nSPS) is 10.8. The molecule has 0 aromatic heterocycles. The summed E-state index contributed by atoms with van der Waals surface area (Å²) in [6, 6.07) is 15.6. The molecule has 116 valence electrons. The van der Waals surface area contributed by atoms with Gasteiger partial charge < -0.3 is 0 Å². The number of nitro benzene ring substituents is 1. The van der Waals surface area contributed by atoms with E-state index in [4.69, 9.17) is 12.2 Å². The number of thiocarbonyl (C=S) groups is 1. The molecule has 0 atom stereocenters. The van der Waals surface area contributed by atoms with Crippen molar-refractivity contribution >= 4 is 35.4 Å². The summed E-state index contributed by atoms with van der Waals surface area (Å²) >= 11 is 5.00. The Morgan fingerprint density at radius 3 is 2.00 bits per heavy atom. The molecule has 2 aromatic rings. The fourth-order valence-electron chi connectivity index (χ4n) is 1.58. The van der Waals surface area contributed by atoms with Crippen LogP contribution in [0.4, 0.5) is 5.69 Å². The van der Waals surface area contributed by atoms with Gasteiger partial charge in [-0.25, -0.2) is 0 Å². The maximum Gasteiger partial charge on any atom is 0.269 e. The van der Waals surface area contributed by atoms with Crippen molar-refractivity contribution in [3.8, 4) is 0 Å². The number of hydrazone groups is 2. The van der Waals surface area contributed by atoms with Gasteiger partial charge in [0.05, 0.1) is 17.4 Å². The molecule has 0 aliphatic heterocycles. The van der Waals surface area contributed by atoms with Crippen LogP contribution in [0.25, 0.3) is 0 Å². The van der Waals surface area contributed by atoms with Gasteiger partial charge in [0.2, 0.25) is 5.11 Å². The quantitative estimate of drug-likeness (QED) is 0.381. The number of benzene rings is 2. The van der Waals surface area contributed by atoms with Gasteiger partial charge >= 0.3 is 0 Å². The highest BCUT2D eigenvalue weighted by atomic mass is 32.1. The highest BCUT2D eigenvalue weighted by Gasteiger charge is 2.02. The maximum atomic E-state index is 10.5. The summed E-state index contributed by atoms with van der Waals surface area (Å²) < 4.78 is 0. The minimum absolute atomic E-state index is 0.0301. The first kappa shape index (κ1) is 16.2. The van der Waals surface area contributed by atoms with E-state index >= 15 is 0 Å². The van der Waals surface area contributed by atoms with Crippen molar-refractivity contribution in [3.05, 3.63) is 75.8 Å². The first-order valence-electron chi connectivity index (χ1n) is 6.57. The summed E-state index contributed by atoms with van der Waals surface area (Å²) in [5, 5.41) is 18.7. The molecule has 0 radical (unpaired) electrons. The Morgan fingerprint density at radius 2 is 1.48 bits per heavy atom. The fourth-order valence-corrected chi connectivity index (χ4v) is 1.68. The lowest BCUT2D eigenvalue weighted by Crippen LogP contribution is -2.28. The standard InChI is InChI=1S/C15H13N5O2S/c21-20(22)14-8-6-13(7-9-14)11-17-19-15(23)18-16-10-12-4-2-1-3-5-12/h1-11H,(H2,18,19,23)/b16-10+,17-11+. The van der Waals surface area contributed by atoms with E-state index in [2.05, 4.69) is 21.1 Å². The van der Waals surface area contributed by atoms with Gasteiger partial charge in [0.1, 0.15) is 0 Å². The largest absolute Gasteiger partial charge is 0.269 e. The van der Waals surface area contributed by atoms with Gasteiger partial charge in [0.25, 0.3) is 5.69 Å². The molecule has 2 rings (SSSR count). The van der Waals surface area contributed by atoms with E-state index < -0.39 is 4.92 Å². The first-order valence-corrected chi connectivity index (χ1v) is 6.97. The predicted molar refractivity (Wildman–Crippen MR) is 93.6 cm³/mol. The number of hydrogen-bond acceptors (Lipinski definition) is 5. The van der Waals surface area contributed by atoms with E-state index in [1.165, 1.54) is 18.3 Å². The van der Waals surface area contributed by atoms with Crippen molar-refractivity contribution in [2.45, 2.75) is 0 Å². The van der Waals surface area contributed by atoms with Crippen LogP contribution in [-0.4, -0.2) is 22.5 Å². The highest BCUT2D eigenvalue weighted by Crippen LogP contribution is 2.10. The van der Waals surface area contributed by atoms with Crippen molar-refractivity contribution in [1.82, 2.24) is 10.9 Å². The molecule has 0 saturated carbocycles. The van der Waals surface area contributed by atoms with Crippen molar-refractivity contribution in [1.29, 1.82) is 0 Å². The average molecular weight is 327 g/mol. The lowest BCUT2D eigenvalue weighted by atomic mass is 10.2. The molecule has 23 heavy (non-hydrogen) atoms. The molecule has 0 bridgehead atoms. The van der Waals surface area contributed by atoms with Gasteiger partial charge in [-0.15, -0.1) is 0 Å². The van der Waals surface area contributed by atoms with Crippen molar-refractivity contribution in [2.75, 3.05) is 0 Å². The Kier molecular flexibility index (Phi) is 5.89. The molecule has 0 heterocycles. The van der Waals surface area contributed by atoms with Gasteiger partial charge in [-0.3, -0.25) is 21.0 Å². The lowest BCUT2D eigenvalue weighted by molar-refractivity contribution is -0.384. The summed E-state index contributed by atoms with van der Waals surface area (Å²) in [4.78, 5) is 10.1. The summed E-state index contributed by atoms with van der Waals surface area (Å²) in [6.45, 7) is 0. The number of rotatable bonds is 5. The zero-order valence-electron chi connectivity index (χ0n) is 11.9. The summed E-state index contributed by atoms with van der Waals surface area (Å²) in [5.41, 5.74) is 6.90. The minimum Gasteiger partial charge on any atom is -0.258 e. The highest BCUT2D eigenvalue weighted by molar-refractivity contribution is 7.80. The third-order valence-electron chi connectivity index (χ3n) is 2.66. The SMILES string of the molecule is O=[N+]([O-])c1ccc(/C=N/NC(=S)N/N=C/c2ccccc2)cc1. The van der Waals surface area contributed by atoms with E-state index in [0.717, 1.165) is 5.56 Å². The molecular weight excluding hydrogens is 314 g/mol. The molecule has 0 saturated heterocycles. The van der Waals surface area contributed by atoms with Crippen LogP contribution in [0.15, 0.2) is 64.8 Å². The second-order valence-electron chi connectivity index (χ2n) is 4.33. The molecule has 2 aromatic carbocycles. The predicted octanol–water partition coefficient (Wildman–Crippen LogP) is 2.43. The van der Waals surface area contributed by atoms with Crippen molar-refractivity contribution in [2.24, 2.45) is 10.2 Å². The number of non-ortho nitro benzene ring substituents is 1. The molecule has 2 N–H and O–H groups in total. The summed E-state index contributed by atoms with van der Waals surface area (Å²) in [5.74, 6) is 0. The van der Waals surface area contributed by atoms with E-state index in [9.17, 15) is 10.1 Å². The van der Waals surface area contributed by atoms with Crippen molar-refractivity contribution < 1.29 is 4.92 Å². The van der Waals surface area contributed by atoms with Gasteiger partial charge in [-0.05, 0) is 35.5 Å². The summed E-state index contributed by atoms with van der Waals surface area (Å²) in [6.07, 6.45) is 3.13. The molecule has 0 amide bonds. The minimum atomic E-state index is -0.455. The zero-order chi connectivity index (χ0) is 16.5. The van der Waals surface area contributed by atoms with Crippen LogP contribution < -0.4 is 10.9 Å². The topological polar surface area (TPSA) is 91.9 Å². The van der Waals surface area contributed by atoms with Gasteiger partial charge in [0, 0.05) is 12.1 Å². The molecule has 8 heteroatoms. The second-order valence-corrected chi connectivity index (χ2v) is 4.74. The lowest BCUT2D eigenvalue weighted by Gasteiger charge is -2.00. The Morgan fingerprint density at radius 1 is 0.957 bits per heavy atom. The van der Waals surface area contributed by atoms with Crippen LogP contribution in [0.5, 0.6) is 0 Å². The van der Waals surface area contributed by atoms with Crippen LogP contribution in [0, 0.1) is 10.1 Å². The Bertz CT molecular complexity index is 729. The van der Waals surface area contributed by atoms with Crippen LogP contribution in [0.3, 0.4) is 0 Å². The van der Waals surface area contributed by atoms with Gasteiger partial charge in [-0.1, -0.05) is 30.3 Å².